The van der Waals surface area contributed by atoms with Crippen LogP contribution >= 0.6 is 0 Å². The average molecular weight is 550 g/mol. The first-order valence-corrected chi connectivity index (χ1v) is 12.9. The highest BCUT2D eigenvalue weighted by molar-refractivity contribution is 6.05. The molecule has 4 aromatic rings. The number of benzene rings is 4. The predicted molar refractivity (Wildman–Crippen MR) is 149 cm³/mol. The monoisotopic (exact) mass is 549 g/mol. The molecule has 2 saturated heterocycles. The van der Waals surface area contributed by atoms with Crippen molar-refractivity contribution in [1.29, 1.82) is 0 Å². The molecule has 10 nitrogen and oxygen atoms in total. The first-order valence-electron chi connectivity index (χ1n) is 12.9. The molecule has 0 spiro atoms. The molecule has 4 aromatic carbocycles. The van der Waals surface area contributed by atoms with E-state index in [1.807, 2.05) is 42.5 Å². The van der Waals surface area contributed by atoms with Crippen molar-refractivity contribution in [2.75, 3.05) is 6.61 Å². The van der Waals surface area contributed by atoms with E-state index in [-0.39, 0.29) is 18.0 Å². The van der Waals surface area contributed by atoms with Gasteiger partial charge in [-0.3, -0.25) is 19.8 Å². The number of β-lactam (4-membered cyclic amide) rings is 1. The number of likely N-dealkylation sites (tertiary alicyclic amines) is 1. The van der Waals surface area contributed by atoms with E-state index in [9.17, 15) is 24.5 Å². The lowest BCUT2D eigenvalue weighted by atomic mass is 9.90. The standard InChI is InChI=1S/C31H23N3O7/c35-29-28(32-27(19-40-30(32)36)21-10-3-1-4-11-21)26(33(29)31(37)41-22-12-5-2-6-13-22)18-16-24-23-14-8-7-9-20(23)15-17-25(24)34(38)39/h1-18,26-28H,19H2/b18-16+/t26-,27?,28-/m1/s1. The molecule has 2 aliphatic heterocycles. The molecule has 2 aliphatic rings. The van der Waals surface area contributed by atoms with Gasteiger partial charge in [-0.2, -0.15) is 0 Å². The van der Waals surface area contributed by atoms with Gasteiger partial charge in [0.2, 0.25) is 0 Å². The Kier molecular flexibility index (Phi) is 6.64. The second-order valence-electron chi connectivity index (χ2n) is 9.57. The van der Waals surface area contributed by atoms with Gasteiger partial charge in [-0.1, -0.05) is 78.9 Å². The van der Waals surface area contributed by atoms with Crippen LogP contribution in [0.2, 0.25) is 0 Å². The molecule has 0 N–H and O–H groups in total. The summed E-state index contributed by atoms with van der Waals surface area (Å²) in [6.45, 7) is 0.0340. The first-order chi connectivity index (χ1) is 19.9. The SMILES string of the molecule is O=C(Oc1ccccc1)N1C(=O)[C@H](N2C(=O)OCC2c2ccccc2)[C@H]1/C=C/c1c([N+](=O)[O-])ccc2ccccc12. The van der Waals surface area contributed by atoms with Crippen LogP contribution in [0.25, 0.3) is 16.8 Å². The van der Waals surface area contributed by atoms with E-state index >= 15 is 0 Å². The summed E-state index contributed by atoms with van der Waals surface area (Å²) < 4.78 is 10.8. The van der Waals surface area contributed by atoms with Crippen molar-refractivity contribution >= 4 is 40.6 Å². The van der Waals surface area contributed by atoms with E-state index in [1.165, 1.54) is 23.1 Å². The summed E-state index contributed by atoms with van der Waals surface area (Å²) in [6.07, 6.45) is 1.43. The minimum absolute atomic E-state index is 0.0340. The number of hydrogen-bond donors (Lipinski definition) is 0. The summed E-state index contributed by atoms with van der Waals surface area (Å²) in [5.74, 6) is -0.406. The minimum Gasteiger partial charge on any atom is -0.447 e. The molecule has 0 saturated carbocycles. The summed E-state index contributed by atoms with van der Waals surface area (Å²) in [6, 6.07) is 25.0. The number of fused-ring (bicyclic) bond motifs is 1. The number of carbonyl (C=O) groups is 3. The Labute approximate surface area is 234 Å². The van der Waals surface area contributed by atoms with Crippen LogP contribution in [0.1, 0.15) is 17.2 Å². The Balaban J connectivity index is 1.41. The molecule has 2 fully saturated rings. The van der Waals surface area contributed by atoms with Crippen molar-refractivity contribution in [3.63, 3.8) is 0 Å². The number of nitrogens with zero attached hydrogens (tertiary/aromatic N) is 3. The minimum atomic E-state index is -1.09. The average Bonchev–Trinajstić information content (AvgIpc) is 3.36. The largest absolute Gasteiger partial charge is 0.447 e. The van der Waals surface area contributed by atoms with Gasteiger partial charge < -0.3 is 9.47 Å². The summed E-state index contributed by atoms with van der Waals surface area (Å²) in [7, 11) is 0. The van der Waals surface area contributed by atoms with Gasteiger partial charge in [-0.15, -0.1) is 0 Å². The molecule has 2 heterocycles. The molecular weight excluding hydrogens is 526 g/mol. The molecule has 3 amide bonds. The third kappa shape index (κ3) is 4.65. The highest BCUT2D eigenvalue weighted by Crippen LogP contribution is 2.38. The molecule has 3 atom stereocenters. The van der Waals surface area contributed by atoms with Gasteiger partial charge in [0.15, 0.2) is 0 Å². The lowest BCUT2D eigenvalue weighted by molar-refractivity contribution is -0.384. The Morgan fingerprint density at radius 1 is 0.927 bits per heavy atom. The van der Waals surface area contributed by atoms with Gasteiger partial charge in [0.05, 0.1) is 22.6 Å². The molecule has 10 heteroatoms. The quantitative estimate of drug-likeness (QED) is 0.171. The lowest BCUT2D eigenvalue weighted by Gasteiger charge is -2.47. The Hall–Kier alpha value is -5.51. The third-order valence-electron chi connectivity index (χ3n) is 7.26. The zero-order valence-corrected chi connectivity index (χ0v) is 21.5. The van der Waals surface area contributed by atoms with Gasteiger partial charge in [0.1, 0.15) is 18.4 Å². The van der Waals surface area contributed by atoms with E-state index in [4.69, 9.17) is 9.47 Å². The third-order valence-corrected chi connectivity index (χ3v) is 7.26. The molecule has 41 heavy (non-hydrogen) atoms. The molecule has 0 aromatic heterocycles. The Morgan fingerprint density at radius 2 is 1.61 bits per heavy atom. The van der Waals surface area contributed by atoms with Crippen LogP contribution in [0.3, 0.4) is 0 Å². The van der Waals surface area contributed by atoms with Crippen molar-refractivity contribution in [3.8, 4) is 5.75 Å². The van der Waals surface area contributed by atoms with Crippen LogP contribution in [0.15, 0.2) is 103 Å². The van der Waals surface area contributed by atoms with Crippen LogP contribution in [-0.4, -0.2) is 51.5 Å². The number of para-hydroxylation sites is 1. The Morgan fingerprint density at radius 3 is 2.34 bits per heavy atom. The molecule has 204 valence electrons. The van der Waals surface area contributed by atoms with Gasteiger partial charge in [0, 0.05) is 6.07 Å². The van der Waals surface area contributed by atoms with Gasteiger partial charge in [-0.25, -0.2) is 14.5 Å². The van der Waals surface area contributed by atoms with E-state index in [1.54, 1.807) is 48.5 Å². The van der Waals surface area contributed by atoms with Gasteiger partial charge in [-0.05, 0) is 40.6 Å². The molecular formula is C31H23N3O7. The summed E-state index contributed by atoms with van der Waals surface area (Å²) >= 11 is 0. The Bertz CT molecular complexity index is 1690. The van der Waals surface area contributed by atoms with Crippen molar-refractivity contribution in [2.24, 2.45) is 0 Å². The number of imide groups is 1. The zero-order chi connectivity index (χ0) is 28.5. The topological polar surface area (TPSA) is 119 Å². The van der Waals surface area contributed by atoms with Gasteiger partial charge in [0.25, 0.3) is 11.6 Å². The number of rotatable bonds is 6. The smallest absolute Gasteiger partial charge is 0.422 e. The molecule has 0 bridgehead atoms. The normalized spacial score (nSPS) is 20.2. The molecule has 0 radical (unpaired) electrons. The number of nitro groups is 1. The van der Waals surface area contributed by atoms with E-state index in [0.717, 1.165) is 15.8 Å². The van der Waals surface area contributed by atoms with Crippen LogP contribution in [0, 0.1) is 10.1 Å². The van der Waals surface area contributed by atoms with Crippen LogP contribution < -0.4 is 4.74 Å². The van der Waals surface area contributed by atoms with Crippen LogP contribution in [0.4, 0.5) is 15.3 Å². The zero-order valence-electron chi connectivity index (χ0n) is 21.5. The lowest BCUT2D eigenvalue weighted by Crippen LogP contribution is -2.72. The highest BCUT2D eigenvalue weighted by atomic mass is 16.6. The van der Waals surface area contributed by atoms with Crippen molar-refractivity contribution in [2.45, 2.75) is 18.1 Å². The number of ether oxygens (including phenoxy) is 2. The fourth-order valence-electron chi connectivity index (χ4n) is 5.30. The van der Waals surface area contributed by atoms with E-state index in [0.29, 0.717) is 10.9 Å². The first kappa shape index (κ1) is 25.8. The van der Waals surface area contributed by atoms with Crippen LogP contribution in [-0.2, 0) is 9.53 Å². The van der Waals surface area contributed by atoms with Crippen LogP contribution in [0.5, 0.6) is 5.75 Å². The fraction of sp³-hybridized carbons (Fsp3) is 0.129. The maximum absolute atomic E-state index is 13.5. The maximum atomic E-state index is 13.5. The van der Waals surface area contributed by atoms with Gasteiger partial charge >= 0.3 is 12.2 Å². The highest BCUT2D eigenvalue weighted by Gasteiger charge is 2.58. The second-order valence-corrected chi connectivity index (χ2v) is 9.57. The molecule has 1 unspecified atom stereocenters. The van der Waals surface area contributed by atoms with E-state index < -0.39 is 41.1 Å². The summed E-state index contributed by atoms with van der Waals surface area (Å²) in [5.41, 5.74) is 0.943. The van der Waals surface area contributed by atoms with Crippen molar-refractivity contribution in [3.05, 3.63) is 124 Å². The molecule has 0 aliphatic carbocycles. The maximum Gasteiger partial charge on any atom is 0.422 e. The van der Waals surface area contributed by atoms with Crippen molar-refractivity contribution < 1.29 is 28.8 Å². The predicted octanol–water partition coefficient (Wildman–Crippen LogP) is 5.73. The van der Waals surface area contributed by atoms with E-state index in [2.05, 4.69) is 0 Å². The number of hydrogen-bond acceptors (Lipinski definition) is 7. The van der Waals surface area contributed by atoms with Crippen molar-refractivity contribution in [1.82, 2.24) is 9.80 Å². The molecule has 6 rings (SSSR count). The number of nitro benzene ring substituents is 1. The number of amides is 3. The summed E-state index contributed by atoms with van der Waals surface area (Å²) in [4.78, 5) is 53.4. The number of cyclic esters (lactones) is 1. The second kappa shape index (κ2) is 10.6. The number of carbonyl (C=O) groups excluding carboxylic acids is 3. The summed E-state index contributed by atoms with van der Waals surface area (Å²) in [5, 5.41) is 13.3. The fourth-order valence-corrected chi connectivity index (χ4v) is 5.30.